The molecule has 0 N–H and O–H groups in total. The highest BCUT2D eigenvalue weighted by Crippen LogP contribution is 2.22. The van der Waals surface area contributed by atoms with Gasteiger partial charge in [-0.2, -0.15) is 0 Å². The highest BCUT2D eigenvalue weighted by Gasteiger charge is 2.11. The smallest absolute Gasteiger partial charge is 0.265 e. The second kappa shape index (κ2) is 8.72. The molecule has 0 fully saturated rings. The van der Waals surface area contributed by atoms with E-state index in [1.165, 1.54) is 0 Å². The van der Waals surface area contributed by atoms with Crippen molar-refractivity contribution in [2.24, 2.45) is 0 Å². The molecule has 1 heterocycles. The van der Waals surface area contributed by atoms with Gasteiger partial charge in [0.15, 0.2) is 0 Å². The van der Waals surface area contributed by atoms with Gasteiger partial charge < -0.3 is 24.0 Å². The summed E-state index contributed by atoms with van der Waals surface area (Å²) in [6.07, 6.45) is 3.64. The molecule has 0 spiro atoms. The molecule has 1 aromatic heterocycles. The van der Waals surface area contributed by atoms with Crippen LogP contribution in [0.5, 0.6) is 0 Å². The molecule has 8 heteroatoms. The number of rotatable bonds is 4. The third-order valence-electron chi connectivity index (χ3n) is 3.35. The lowest BCUT2D eigenvalue weighted by molar-refractivity contribution is -0.689. The Balaban J connectivity index is 0.00000208. The Morgan fingerprint density at radius 3 is 2.04 bits per heavy atom. The van der Waals surface area contributed by atoms with E-state index in [2.05, 4.69) is 5.10 Å². The largest absolute Gasteiger partial charge is 1.00 e. The van der Waals surface area contributed by atoms with Crippen LogP contribution in [0.3, 0.4) is 0 Å². The monoisotopic (exact) mass is 513 g/mol. The van der Waals surface area contributed by atoms with E-state index in [0.717, 1.165) is 11.1 Å². The van der Waals surface area contributed by atoms with E-state index in [0.29, 0.717) is 33.2 Å². The van der Waals surface area contributed by atoms with Gasteiger partial charge in [0.25, 0.3) is 6.33 Å². The van der Waals surface area contributed by atoms with Crippen LogP contribution in [0.1, 0.15) is 11.1 Å². The molecular weight excluding hydrogens is 503 g/mol. The summed E-state index contributed by atoms with van der Waals surface area (Å²) in [6.45, 7) is 1.18. The lowest BCUT2D eigenvalue weighted by Crippen LogP contribution is -3.00. The molecule has 3 aromatic rings. The Morgan fingerprint density at radius 1 is 0.875 bits per heavy atom. The molecule has 0 amide bonds. The SMILES string of the molecule is Clc1ccc(Cn2c[n+](Cc3ccc(Cl)cc3Cl)cn2)c(Cl)c1.[I-]. The summed E-state index contributed by atoms with van der Waals surface area (Å²) in [6, 6.07) is 10.9. The normalized spacial score (nSPS) is 10.5. The summed E-state index contributed by atoms with van der Waals surface area (Å²) in [4.78, 5) is 0. The molecule has 0 atom stereocenters. The fraction of sp³-hybridized carbons (Fsp3) is 0.125. The minimum absolute atomic E-state index is 0. The van der Waals surface area contributed by atoms with Gasteiger partial charge in [-0.05, 0) is 24.3 Å². The second-order valence-corrected chi connectivity index (χ2v) is 6.78. The van der Waals surface area contributed by atoms with Crippen molar-refractivity contribution in [3.05, 3.63) is 80.3 Å². The standard InChI is InChI=1S/C16H12Cl4N3.HI/c17-13-3-1-11(15(19)5-13)7-22-9-21-23(10-22)8-12-2-4-14(18)6-16(12)20;/h1-6,9-10H,7-8H2;1H/q+1;/p-1. The third-order valence-corrected chi connectivity index (χ3v) is 4.52. The molecule has 3 rings (SSSR count). The molecule has 0 radical (unpaired) electrons. The number of halogens is 5. The molecular formula is C16H12Cl4IN3. The first-order valence-electron chi connectivity index (χ1n) is 6.80. The Kier molecular flexibility index (Phi) is 7.19. The maximum atomic E-state index is 6.20. The Bertz CT molecular complexity index is 783. The first-order chi connectivity index (χ1) is 11.0. The Morgan fingerprint density at radius 2 is 1.46 bits per heavy atom. The van der Waals surface area contributed by atoms with Gasteiger partial charge in [0.2, 0.25) is 6.33 Å². The van der Waals surface area contributed by atoms with E-state index in [1.807, 2.05) is 35.2 Å². The van der Waals surface area contributed by atoms with Gasteiger partial charge in [-0.1, -0.05) is 58.5 Å². The molecule has 0 unspecified atom stereocenters. The zero-order valence-corrected chi connectivity index (χ0v) is 17.4. The van der Waals surface area contributed by atoms with Crippen LogP contribution in [-0.2, 0) is 13.1 Å². The number of hydrogen-bond acceptors (Lipinski definition) is 1. The van der Waals surface area contributed by atoms with Crippen molar-refractivity contribution < 1.29 is 28.5 Å². The van der Waals surface area contributed by atoms with Crippen molar-refractivity contribution in [2.75, 3.05) is 0 Å². The number of hydrogen-bond donors (Lipinski definition) is 0. The molecule has 0 aliphatic carbocycles. The predicted octanol–water partition coefficient (Wildman–Crippen LogP) is 1.88. The van der Waals surface area contributed by atoms with Crippen LogP contribution in [-0.4, -0.2) is 9.78 Å². The van der Waals surface area contributed by atoms with Gasteiger partial charge in [0.05, 0.1) is 6.54 Å². The third kappa shape index (κ3) is 4.99. The molecule has 24 heavy (non-hydrogen) atoms. The first kappa shape index (κ1) is 19.8. The number of aromatic nitrogens is 3. The van der Waals surface area contributed by atoms with Crippen molar-refractivity contribution in [1.29, 1.82) is 0 Å². The van der Waals surface area contributed by atoms with E-state index in [9.17, 15) is 0 Å². The van der Waals surface area contributed by atoms with E-state index in [4.69, 9.17) is 46.4 Å². The van der Waals surface area contributed by atoms with Crippen molar-refractivity contribution in [2.45, 2.75) is 13.1 Å². The van der Waals surface area contributed by atoms with Crippen LogP contribution < -0.4 is 28.5 Å². The predicted molar refractivity (Wildman–Crippen MR) is 93.6 cm³/mol. The average molecular weight is 515 g/mol. The lowest BCUT2D eigenvalue weighted by Gasteiger charge is -2.02. The van der Waals surface area contributed by atoms with Crippen LogP contribution in [0.25, 0.3) is 0 Å². The lowest BCUT2D eigenvalue weighted by atomic mass is 10.2. The molecule has 0 saturated carbocycles. The van der Waals surface area contributed by atoms with Gasteiger partial charge in [0.1, 0.15) is 6.54 Å². The van der Waals surface area contributed by atoms with Crippen LogP contribution in [0.4, 0.5) is 0 Å². The molecule has 0 saturated heterocycles. The molecule has 2 aromatic carbocycles. The van der Waals surface area contributed by atoms with Gasteiger partial charge in [0, 0.05) is 36.3 Å². The van der Waals surface area contributed by atoms with E-state index in [1.54, 1.807) is 23.1 Å². The van der Waals surface area contributed by atoms with E-state index >= 15 is 0 Å². The molecule has 3 nitrogen and oxygen atoms in total. The quantitative estimate of drug-likeness (QED) is 0.385. The summed E-state index contributed by atoms with van der Waals surface area (Å²) in [5.74, 6) is 0. The van der Waals surface area contributed by atoms with Crippen LogP contribution in [0.2, 0.25) is 20.1 Å². The van der Waals surface area contributed by atoms with Crippen LogP contribution >= 0.6 is 46.4 Å². The van der Waals surface area contributed by atoms with Crippen molar-refractivity contribution in [1.82, 2.24) is 9.78 Å². The zero-order chi connectivity index (χ0) is 16.4. The van der Waals surface area contributed by atoms with Gasteiger partial charge >= 0.3 is 0 Å². The summed E-state index contributed by atoms with van der Waals surface area (Å²) in [7, 11) is 0. The minimum Gasteiger partial charge on any atom is -1.00 e. The molecule has 0 aliphatic heterocycles. The Labute approximate surface area is 177 Å². The van der Waals surface area contributed by atoms with Crippen molar-refractivity contribution >= 4 is 46.4 Å². The second-order valence-electron chi connectivity index (χ2n) is 5.09. The van der Waals surface area contributed by atoms with Gasteiger partial charge in [-0.25, -0.2) is 4.57 Å². The number of nitrogens with zero attached hydrogens (tertiary/aromatic N) is 3. The molecule has 126 valence electrons. The topological polar surface area (TPSA) is 21.7 Å². The summed E-state index contributed by atoms with van der Waals surface area (Å²) < 4.78 is 3.75. The zero-order valence-electron chi connectivity index (χ0n) is 12.3. The average Bonchev–Trinajstić information content (AvgIpc) is 2.92. The molecule has 0 aliphatic rings. The van der Waals surface area contributed by atoms with Gasteiger partial charge in [-0.3, -0.25) is 0 Å². The maximum absolute atomic E-state index is 6.20. The van der Waals surface area contributed by atoms with Crippen molar-refractivity contribution in [3.63, 3.8) is 0 Å². The maximum Gasteiger partial charge on any atom is 0.265 e. The molecule has 0 bridgehead atoms. The van der Waals surface area contributed by atoms with Crippen molar-refractivity contribution in [3.8, 4) is 0 Å². The van der Waals surface area contributed by atoms with E-state index < -0.39 is 0 Å². The van der Waals surface area contributed by atoms with Gasteiger partial charge in [-0.15, -0.1) is 4.68 Å². The minimum atomic E-state index is 0. The Hall–Kier alpha value is -0.530. The fourth-order valence-electron chi connectivity index (χ4n) is 2.20. The highest BCUT2D eigenvalue weighted by atomic mass is 127. The summed E-state index contributed by atoms with van der Waals surface area (Å²) in [5, 5.41) is 6.84. The summed E-state index contributed by atoms with van der Waals surface area (Å²) in [5.41, 5.74) is 1.93. The first-order valence-corrected chi connectivity index (χ1v) is 8.32. The highest BCUT2D eigenvalue weighted by molar-refractivity contribution is 6.35. The summed E-state index contributed by atoms with van der Waals surface area (Å²) >= 11 is 24.2. The van der Waals surface area contributed by atoms with Crippen LogP contribution in [0, 0.1) is 0 Å². The van der Waals surface area contributed by atoms with Crippen LogP contribution in [0.15, 0.2) is 49.1 Å². The number of benzene rings is 2. The fourth-order valence-corrected chi connectivity index (χ4v) is 3.13. The van der Waals surface area contributed by atoms with E-state index in [-0.39, 0.29) is 24.0 Å².